The highest BCUT2D eigenvalue weighted by atomic mass is 32.2. The van der Waals surface area contributed by atoms with Crippen molar-refractivity contribution in [2.75, 3.05) is 22.8 Å². The molecule has 0 bridgehead atoms. The van der Waals surface area contributed by atoms with Crippen LogP contribution in [0, 0.1) is 0 Å². The lowest BCUT2D eigenvalue weighted by Crippen LogP contribution is -2.35. The first kappa shape index (κ1) is 24.3. The number of hydrogen-bond donors (Lipinski definition) is 1. The van der Waals surface area contributed by atoms with Crippen molar-refractivity contribution in [3.8, 4) is 5.75 Å². The normalized spacial score (nSPS) is 14.8. The van der Waals surface area contributed by atoms with Crippen LogP contribution in [-0.2, 0) is 26.0 Å². The van der Waals surface area contributed by atoms with Gasteiger partial charge in [0, 0.05) is 23.4 Å². The summed E-state index contributed by atoms with van der Waals surface area (Å²) >= 11 is 0. The van der Waals surface area contributed by atoms with Gasteiger partial charge in [-0.3, -0.25) is 9.10 Å². The van der Waals surface area contributed by atoms with Crippen molar-refractivity contribution in [2.24, 2.45) is 0 Å². The molecule has 0 aromatic heterocycles. The van der Waals surface area contributed by atoms with Crippen LogP contribution in [0.5, 0.6) is 5.75 Å². The Labute approximate surface area is 204 Å². The van der Waals surface area contributed by atoms with Crippen LogP contribution in [0.25, 0.3) is 0 Å². The molecular formula is C26H26N2O6S. The number of amides is 1. The maximum Gasteiger partial charge on any atom is 0.344 e. The summed E-state index contributed by atoms with van der Waals surface area (Å²) < 4.78 is 38.6. The Morgan fingerprint density at radius 3 is 2.60 bits per heavy atom. The second kappa shape index (κ2) is 10.2. The fourth-order valence-corrected chi connectivity index (χ4v) is 5.77. The molecule has 0 fully saturated rings. The topological polar surface area (TPSA) is 102 Å². The zero-order valence-electron chi connectivity index (χ0n) is 19.4. The minimum atomic E-state index is -3.87. The van der Waals surface area contributed by atoms with Gasteiger partial charge in [0.2, 0.25) is 0 Å². The molecule has 1 heterocycles. The molecular weight excluding hydrogens is 468 g/mol. The number of carbonyl (C=O) groups is 2. The number of nitrogens with zero attached hydrogens (tertiary/aromatic N) is 1. The van der Waals surface area contributed by atoms with Crippen LogP contribution >= 0.6 is 0 Å². The first-order valence-corrected chi connectivity index (χ1v) is 12.7. The summed E-state index contributed by atoms with van der Waals surface area (Å²) in [6.07, 6.45) is 0.629. The number of esters is 1. The van der Waals surface area contributed by atoms with E-state index in [-0.39, 0.29) is 29.7 Å². The summed E-state index contributed by atoms with van der Waals surface area (Å²) in [6.45, 7) is 3.59. The molecule has 0 saturated carbocycles. The van der Waals surface area contributed by atoms with Gasteiger partial charge in [0.1, 0.15) is 5.75 Å². The molecule has 0 spiro atoms. The minimum absolute atomic E-state index is 0.0419. The maximum atomic E-state index is 13.5. The molecule has 1 aliphatic rings. The summed E-state index contributed by atoms with van der Waals surface area (Å²) in [4.78, 5) is 24.4. The van der Waals surface area contributed by atoms with Crippen LogP contribution in [0.2, 0.25) is 0 Å². The summed E-state index contributed by atoms with van der Waals surface area (Å²) in [5.41, 5.74) is 2.27. The van der Waals surface area contributed by atoms with Gasteiger partial charge in [-0.1, -0.05) is 30.3 Å². The third kappa shape index (κ3) is 5.30. The van der Waals surface area contributed by atoms with Crippen molar-refractivity contribution >= 4 is 33.3 Å². The van der Waals surface area contributed by atoms with E-state index in [1.54, 1.807) is 49.4 Å². The SMILES string of the molecule is CCOC(=O)COc1cccc(NC(=O)c2cccc(S(=O)(=O)N3c4ccccc4CC3C)c2)c1. The minimum Gasteiger partial charge on any atom is -0.482 e. The molecule has 1 amide bonds. The number of sulfonamides is 1. The molecule has 3 aromatic rings. The van der Waals surface area contributed by atoms with Crippen LogP contribution in [-0.4, -0.2) is 39.5 Å². The lowest BCUT2D eigenvalue weighted by molar-refractivity contribution is -0.145. The standard InChI is InChI=1S/C26H26N2O6S/c1-3-33-25(29)17-34-22-11-7-10-21(16-22)27-26(30)20-9-6-12-23(15-20)35(31,32)28-18(2)14-19-8-4-5-13-24(19)28/h4-13,15-16,18H,3,14,17H2,1-2H3,(H,27,30). The van der Waals surface area contributed by atoms with Crippen molar-refractivity contribution in [1.29, 1.82) is 0 Å². The average Bonchev–Trinajstić information content (AvgIpc) is 3.19. The van der Waals surface area contributed by atoms with Crippen LogP contribution in [0.3, 0.4) is 0 Å². The number of hydrogen-bond acceptors (Lipinski definition) is 6. The maximum absolute atomic E-state index is 13.5. The van der Waals surface area contributed by atoms with E-state index < -0.39 is 21.9 Å². The van der Waals surface area contributed by atoms with Crippen LogP contribution in [0.15, 0.2) is 77.7 Å². The quantitative estimate of drug-likeness (QED) is 0.475. The van der Waals surface area contributed by atoms with Crippen molar-refractivity contribution in [3.05, 3.63) is 83.9 Å². The Morgan fingerprint density at radius 1 is 1.03 bits per heavy atom. The van der Waals surface area contributed by atoms with Crippen LogP contribution in [0.1, 0.15) is 29.8 Å². The van der Waals surface area contributed by atoms with Crippen LogP contribution in [0.4, 0.5) is 11.4 Å². The first-order chi connectivity index (χ1) is 16.8. The Kier molecular flexibility index (Phi) is 7.07. The molecule has 1 atom stereocenters. The van der Waals surface area contributed by atoms with Gasteiger partial charge < -0.3 is 14.8 Å². The predicted octanol–water partition coefficient (Wildman–Crippen LogP) is 4.02. The van der Waals surface area contributed by atoms with Crippen molar-refractivity contribution in [1.82, 2.24) is 0 Å². The number of rotatable bonds is 8. The number of ether oxygens (including phenoxy) is 2. The zero-order chi connectivity index (χ0) is 25.0. The highest BCUT2D eigenvalue weighted by Gasteiger charge is 2.36. The molecule has 1 N–H and O–H groups in total. The molecule has 3 aromatic carbocycles. The monoisotopic (exact) mass is 494 g/mol. The van der Waals surface area contributed by atoms with E-state index in [0.717, 1.165) is 5.56 Å². The van der Waals surface area contributed by atoms with Crippen molar-refractivity contribution < 1.29 is 27.5 Å². The summed E-state index contributed by atoms with van der Waals surface area (Å²) in [5, 5.41) is 2.74. The fraction of sp³-hybridized carbons (Fsp3) is 0.231. The third-order valence-electron chi connectivity index (χ3n) is 5.55. The molecule has 9 heteroatoms. The lowest BCUT2D eigenvalue weighted by atomic mass is 10.1. The Balaban J connectivity index is 1.51. The summed E-state index contributed by atoms with van der Waals surface area (Å²) in [6, 6.07) is 19.7. The highest BCUT2D eigenvalue weighted by molar-refractivity contribution is 7.92. The molecule has 0 radical (unpaired) electrons. The highest BCUT2D eigenvalue weighted by Crippen LogP contribution is 2.36. The van der Waals surface area contributed by atoms with Gasteiger partial charge in [0.15, 0.2) is 6.61 Å². The molecule has 8 nitrogen and oxygen atoms in total. The van der Waals surface area contributed by atoms with Crippen molar-refractivity contribution in [2.45, 2.75) is 31.2 Å². The fourth-order valence-electron chi connectivity index (χ4n) is 4.03. The van der Waals surface area contributed by atoms with E-state index in [1.807, 2.05) is 25.1 Å². The van der Waals surface area contributed by atoms with Crippen LogP contribution < -0.4 is 14.4 Å². The van der Waals surface area contributed by atoms with Gasteiger partial charge in [-0.25, -0.2) is 13.2 Å². The lowest BCUT2D eigenvalue weighted by Gasteiger charge is -2.24. The number of nitrogens with one attached hydrogen (secondary N) is 1. The number of para-hydroxylation sites is 1. The molecule has 4 rings (SSSR count). The van der Waals surface area contributed by atoms with Gasteiger partial charge in [0.05, 0.1) is 17.2 Å². The van der Waals surface area contributed by atoms with E-state index in [4.69, 9.17) is 9.47 Å². The smallest absolute Gasteiger partial charge is 0.344 e. The number of fused-ring (bicyclic) bond motifs is 1. The molecule has 1 unspecified atom stereocenters. The van der Waals surface area contributed by atoms with E-state index in [9.17, 15) is 18.0 Å². The largest absolute Gasteiger partial charge is 0.482 e. The van der Waals surface area contributed by atoms with E-state index in [2.05, 4.69) is 5.32 Å². The molecule has 1 aliphatic heterocycles. The van der Waals surface area contributed by atoms with Gasteiger partial charge in [-0.15, -0.1) is 0 Å². The summed E-state index contributed by atoms with van der Waals surface area (Å²) in [5.74, 6) is -0.580. The van der Waals surface area contributed by atoms with E-state index >= 15 is 0 Å². The predicted molar refractivity (Wildman–Crippen MR) is 132 cm³/mol. The van der Waals surface area contributed by atoms with Gasteiger partial charge in [-0.2, -0.15) is 0 Å². The molecule has 182 valence electrons. The van der Waals surface area contributed by atoms with Gasteiger partial charge >= 0.3 is 5.97 Å². The zero-order valence-corrected chi connectivity index (χ0v) is 20.2. The second-order valence-corrected chi connectivity index (χ2v) is 9.90. The Morgan fingerprint density at radius 2 is 1.80 bits per heavy atom. The number of anilines is 2. The average molecular weight is 495 g/mol. The van der Waals surface area contributed by atoms with Gasteiger partial charge in [-0.05, 0) is 62.2 Å². The molecule has 0 saturated heterocycles. The van der Waals surface area contributed by atoms with E-state index in [0.29, 0.717) is 23.5 Å². The third-order valence-corrected chi connectivity index (χ3v) is 7.48. The second-order valence-electron chi connectivity index (χ2n) is 8.09. The molecule has 0 aliphatic carbocycles. The first-order valence-electron chi connectivity index (χ1n) is 11.2. The molecule has 35 heavy (non-hydrogen) atoms. The van der Waals surface area contributed by atoms with E-state index in [1.165, 1.54) is 16.4 Å². The summed E-state index contributed by atoms with van der Waals surface area (Å²) in [7, 11) is -3.87. The Bertz CT molecular complexity index is 1360. The number of benzene rings is 3. The van der Waals surface area contributed by atoms with Gasteiger partial charge in [0.25, 0.3) is 15.9 Å². The number of carbonyl (C=O) groups excluding carboxylic acids is 2. The Hall–Kier alpha value is -3.85. The van der Waals surface area contributed by atoms with Crippen molar-refractivity contribution in [3.63, 3.8) is 0 Å².